The molecule has 0 radical (unpaired) electrons. The number of nitrogens with zero attached hydrogens (tertiary/aromatic N) is 1. The van der Waals surface area contributed by atoms with Crippen molar-refractivity contribution in [2.24, 2.45) is 4.40 Å². The topological polar surface area (TPSA) is 46.5 Å². The van der Waals surface area contributed by atoms with E-state index in [9.17, 15) is 21.6 Å². The molecule has 0 N–H and O–H groups in total. The number of alkyl halides is 3. The van der Waals surface area contributed by atoms with E-state index in [4.69, 9.17) is 0 Å². The Hall–Kier alpha value is -1.42. The predicted octanol–water partition coefficient (Wildman–Crippen LogP) is 4.12. The van der Waals surface area contributed by atoms with Crippen molar-refractivity contribution in [1.29, 1.82) is 0 Å². The summed E-state index contributed by atoms with van der Waals surface area (Å²) in [6.45, 7) is 0. The van der Waals surface area contributed by atoms with E-state index >= 15 is 0 Å². The number of hydrogen-bond donors (Lipinski definition) is 0. The first-order valence-electron chi connectivity index (χ1n) is 5.92. The summed E-state index contributed by atoms with van der Waals surface area (Å²) in [5.41, 5.74) is -0.299. The highest BCUT2D eigenvalue weighted by Crippen LogP contribution is 2.29. The van der Waals surface area contributed by atoms with Gasteiger partial charge in [-0.05, 0) is 52.9 Å². The molecule has 0 atom stereocenters. The molecule has 0 unspecified atom stereocenters. The Morgan fingerprint density at radius 2 is 1.59 bits per heavy atom. The average molecular weight is 439 g/mol. The van der Waals surface area contributed by atoms with Crippen molar-refractivity contribution >= 4 is 38.8 Å². The zero-order valence-electron chi connectivity index (χ0n) is 10.9. The van der Waals surface area contributed by atoms with E-state index in [2.05, 4.69) is 4.40 Å². The van der Waals surface area contributed by atoms with Gasteiger partial charge in [-0.1, -0.05) is 18.2 Å². The van der Waals surface area contributed by atoms with Crippen LogP contribution in [-0.2, 0) is 16.2 Å². The number of rotatable bonds is 3. The van der Waals surface area contributed by atoms with Crippen LogP contribution in [0.15, 0.2) is 57.8 Å². The van der Waals surface area contributed by atoms with Crippen molar-refractivity contribution in [1.82, 2.24) is 0 Å². The first-order valence-corrected chi connectivity index (χ1v) is 8.44. The molecule has 0 aliphatic carbocycles. The molecule has 2 aromatic carbocycles. The van der Waals surface area contributed by atoms with Crippen molar-refractivity contribution in [3.05, 3.63) is 63.2 Å². The van der Waals surface area contributed by atoms with Crippen LogP contribution in [-0.4, -0.2) is 14.6 Å². The maximum Gasteiger partial charge on any atom is 0.416 e. The van der Waals surface area contributed by atoms with Crippen LogP contribution in [0.1, 0.15) is 11.1 Å². The molecule has 8 heteroatoms. The lowest BCUT2D eigenvalue weighted by Gasteiger charge is -2.06. The summed E-state index contributed by atoms with van der Waals surface area (Å²) in [6, 6.07) is 10.2. The van der Waals surface area contributed by atoms with Crippen LogP contribution in [0.5, 0.6) is 0 Å². The Morgan fingerprint density at radius 1 is 1.00 bits per heavy atom. The van der Waals surface area contributed by atoms with Crippen LogP contribution in [0.25, 0.3) is 0 Å². The van der Waals surface area contributed by atoms with E-state index < -0.39 is 21.8 Å². The summed E-state index contributed by atoms with van der Waals surface area (Å²) >= 11 is 2.03. The van der Waals surface area contributed by atoms with Gasteiger partial charge < -0.3 is 0 Å². The van der Waals surface area contributed by atoms with Crippen molar-refractivity contribution in [2.75, 3.05) is 0 Å². The lowest BCUT2D eigenvalue weighted by atomic mass is 10.2. The minimum atomic E-state index is -4.51. The molecular weight excluding hydrogens is 430 g/mol. The fraction of sp³-hybridized carbons (Fsp3) is 0.0714. The SMILES string of the molecule is O=S(=O)(/N=C/c1ccccc1I)c1ccc(C(F)(F)F)cc1. The molecule has 0 saturated carbocycles. The van der Waals surface area contributed by atoms with Gasteiger partial charge >= 0.3 is 6.18 Å². The third kappa shape index (κ3) is 4.07. The van der Waals surface area contributed by atoms with E-state index in [0.29, 0.717) is 17.7 Å². The largest absolute Gasteiger partial charge is 0.416 e. The molecule has 2 rings (SSSR count). The van der Waals surface area contributed by atoms with E-state index in [0.717, 1.165) is 15.7 Å². The second-order valence-corrected chi connectivity index (χ2v) is 7.05. The Labute approximate surface area is 139 Å². The molecule has 2 aromatic rings. The normalized spacial score (nSPS) is 12.7. The quantitative estimate of drug-likeness (QED) is 0.534. The van der Waals surface area contributed by atoms with Gasteiger partial charge in [-0.15, -0.1) is 0 Å². The van der Waals surface area contributed by atoms with Gasteiger partial charge in [-0.2, -0.15) is 26.0 Å². The van der Waals surface area contributed by atoms with Gasteiger partial charge in [0.1, 0.15) is 0 Å². The summed E-state index contributed by atoms with van der Waals surface area (Å²) in [4.78, 5) is -0.289. The van der Waals surface area contributed by atoms with E-state index in [-0.39, 0.29) is 4.90 Å². The van der Waals surface area contributed by atoms with Crippen molar-refractivity contribution in [3.63, 3.8) is 0 Å². The molecule has 0 bridgehead atoms. The van der Waals surface area contributed by atoms with Crippen LogP contribution in [0.2, 0.25) is 0 Å². The van der Waals surface area contributed by atoms with Crippen LogP contribution in [0, 0.1) is 3.57 Å². The number of hydrogen-bond acceptors (Lipinski definition) is 2. The highest BCUT2D eigenvalue weighted by atomic mass is 127. The molecular formula is C14H9F3INO2S. The highest BCUT2D eigenvalue weighted by Gasteiger charge is 2.30. The molecule has 3 nitrogen and oxygen atoms in total. The minimum Gasteiger partial charge on any atom is -0.199 e. The third-order valence-electron chi connectivity index (χ3n) is 2.72. The second kappa shape index (κ2) is 6.37. The third-order valence-corrected chi connectivity index (χ3v) is 4.95. The smallest absolute Gasteiger partial charge is 0.199 e. The fourth-order valence-corrected chi connectivity index (χ4v) is 2.96. The summed E-state index contributed by atoms with van der Waals surface area (Å²) in [5.74, 6) is 0. The van der Waals surface area contributed by atoms with E-state index in [1.54, 1.807) is 24.3 Å². The highest BCUT2D eigenvalue weighted by molar-refractivity contribution is 14.1. The molecule has 22 heavy (non-hydrogen) atoms. The molecule has 0 spiro atoms. The summed E-state index contributed by atoms with van der Waals surface area (Å²) in [5, 5.41) is 0. The van der Waals surface area contributed by atoms with E-state index in [1.165, 1.54) is 6.21 Å². The summed E-state index contributed by atoms with van der Waals surface area (Å²) < 4.78 is 65.7. The van der Waals surface area contributed by atoms with Gasteiger partial charge in [0.05, 0.1) is 10.5 Å². The lowest BCUT2D eigenvalue weighted by molar-refractivity contribution is -0.137. The first kappa shape index (κ1) is 16.9. The molecule has 0 saturated heterocycles. The van der Waals surface area contributed by atoms with Gasteiger partial charge in [0.2, 0.25) is 0 Å². The van der Waals surface area contributed by atoms with Crippen LogP contribution >= 0.6 is 22.6 Å². The molecule has 0 fully saturated rings. The molecule has 0 heterocycles. The molecule has 116 valence electrons. The Morgan fingerprint density at radius 3 is 2.14 bits per heavy atom. The molecule has 0 aliphatic rings. The van der Waals surface area contributed by atoms with Gasteiger partial charge in [-0.25, -0.2) is 0 Å². The number of halogens is 4. The standard InChI is InChI=1S/C14H9F3INO2S/c15-14(16,17)11-5-7-12(8-6-11)22(20,21)19-9-10-3-1-2-4-13(10)18/h1-9H/b19-9+. The first-order chi connectivity index (χ1) is 10.2. The van der Waals surface area contributed by atoms with Gasteiger partial charge in [0, 0.05) is 15.3 Å². The monoisotopic (exact) mass is 439 g/mol. The zero-order chi connectivity index (χ0) is 16.4. The molecule has 0 aliphatic heterocycles. The Bertz CT molecular complexity index is 800. The minimum absolute atomic E-state index is 0.289. The maximum absolute atomic E-state index is 12.5. The number of sulfonamides is 1. The fourth-order valence-electron chi connectivity index (χ4n) is 1.58. The average Bonchev–Trinajstić information content (AvgIpc) is 2.46. The van der Waals surface area contributed by atoms with Crippen molar-refractivity contribution in [3.8, 4) is 0 Å². The van der Waals surface area contributed by atoms with Crippen LogP contribution in [0.4, 0.5) is 13.2 Å². The zero-order valence-corrected chi connectivity index (χ0v) is 13.9. The maximum atomic E-state index is 12.5. The molecule has 0 amide bonds. The summed E-state index contributed by atoms with van der Waals surface area (Å²) in [6.07, 6.45) is -3.33. The van der Waals surface area contributed by atoms with Gasteiger partial charge in [0.15, 0.2) is 0 Å². The van der Waals surface area contributed by atoms with E-state index in [1.807, 2.05) is 22.6 Å². The molecule has 0 aromatic heterocycles. The van der Waals surface area contributed by atoms with Gasteiger partial charge in [-0.3, -0.25) is 0 Å². The van der Waals surface area contributed by atoms with Crippen molar-refractivity contribution in [2.45, 2.75) is 11.1 Å². The second-order valence-electron chi connectivity index (χ2n) is 4.25. The van der Waals surface area contributed by atoms with Crippen LogP contribution < -0.4 is 0 Å². The lowest BCUT2D eigenvalue weighted by Crippen LogP contribution is -2.05. The Balaban J connectivity index is 2.30. The predicted molar refractivity (Wildman–Crippen MR) is 85.4 cm³/mol. The number of benzene rings is 2. The van der Waals surface area contributed by atoms with Crippen molar-refractivity contribution < 1.29 is 21.6 Å². The Kier molecular flexibility index (Phi) is 4.90. The summed E-state index contributed by atoms with van der Waals surface area (Å²) in [7, 11) is -4.04. The van der Waals surface area contributed by atoms with Crippen LogP contribution in [0.3, 0.4) is 0 Å². The van der Waals surface area contributed by atoms with Gasteiger partial charge in [0.25, 0.3) is 10.0 Å².